The fourth-order valence-electron chi connectivity index (χ4n) is 1.71. The summed E-state index contributed by atoms with van der Waals surface area (Å²) in [5.74, 6) is 0.359. The third-order valence-electron chi connectivity index (χ3n) is 2.83. The third-order valence-corrected chi connectivity index (χ3v) is 2.83. The number of carbonyl (C=O) groups is 1. The van der Waals surface area contributed by atoms with Crippen molar-refractivity contribution in [3.05, 3.63) is 41.5 Å². The number of rotatable bonds is 6. The van der Waals surface area contributed by atoms with E-state index in [2.05, 4.69) is 13.8 Å². The van der Waals surface area contributed by atoms with Crippen molar-refractivity contribution < 1.29 is 4.79 Å². The molecule has 0 heterocycles. The molecule has 0 aliphatic heterocycles. The Morgan fingerprint density at radius 3 is 2.56 bits per heavy atom. The van der Waals surface area contributed by atoms with Gasteiger partial charge in [0, 0.05) is 0 Å². The Balaban J connectivity index is 2.73. The highest BCUT2D eigenvalue weighted by atomic mass is 16.1. The third kappa shape index (κ3) is 4.01. The fraction of sp³-hybridized carbons (Fsp3) is 0.400. The first-order valence-electron chi connectivity index (χ1n) is 5.99. The molecule has 1 aromatic carbocycles. The smallest absolute Gasteiger partial charge is 0.146 e. The molecule has 0 amide bonds. The Hall–Kier alpha value is -1.37. The van der Waals surface area contributed by atoms with Crippen molar-refractivity contribution in [2.75, 3.05) is 0 Å². The number of carbonyl (C=O) groups excluding carboxylic acids is 1. The summed E-state index contributed by atoms with van der Waals surface area (Å²) in [7, 11) is 0. The monoisotopic (exact) mass is 216 g/mol. The van der Waals surface area contributed by atoms with Gasteiger partial charge < -0.3 is 0 Å². The number of hydrogen-bond acceptors (Lipinski definition) is 1. The van der Waals surface area contributed by atoms with Crippen molar-refractivity contribution in [2.45, 2.75) is 33.1 Å². The van der Waals surface area contributed by atoms with E-state index in [9.17, 15) is 4.79 Å². The van der Waals surface area contributed by atoms with Crippen LogP contribution in [0.15, 0.2) is 35.9 Å². The molecular formula is C15H20O. The van der Waals surface area contributed by atoms with E-state index in [0.29, 0.717) is 5.92 Å². The fourth-order valence-corrected chi connectivity index (χ4v) is 1.71. The molecule has 1 heteroatoms. The summed E-state index contributed by atoms with van der Waals surface area (Å²) < 4.78 is 0. The topological polar surface area (TPSA) is 17.1 Å². The first-order chi connectivity index (χ1) is 7.77. The lowest BCUT2D eigenvalue weighted by Crippen LogP contribution is -2.00. The molecule has 0 saturated carbocycles. The maximum absolute atomic E-state index is 11.0. The van der Waals surface area contributed by atoms with Crippen molar-refractivity contribution >= 4 is 12.4 Å². The molecule has 0 saturated heterocycles. The van der Waals surface area contributed by atoms with Gasteiger partial charge in [-0.05, 0) is 29.6 Å². The van der Waals surface area contributed by atoms with Crippen molar-refractivity contribution in [3.8, 4) is 0 Å². The van der Waals surface area contributed by atoms with Gasteiger partial charge in [0.25, 0.3) is 0 Å². The SMILES string of the molecule is CCCCC(C)C(C=O)=Cc1ccccc1. The summed E-state index contributed by atoms with van der Waals surface area (Å²) in [5.41, 5.74) is 2.01. The van der Waals surface area contributed by atoms with Gasteiger partial charge in [0.1, 0.15) is 6.29 Å². The van der Waals surface area contributed by atoms with Crippen LogP contribution in [0.2, 0.25) is 0 Å². The van der Waals surface area contributed by atoms with Gasteiger partial charge in [0.05, 0.1) is 0 Å². The summed E-state index contributed by atoms with van der Waals surface area (Å²) in [6.45, 7) is 4.30. The highest BCUT2D eigenvalue weighted by molar-refractivity contribution is 5.82. The van der Waals surface area contributed by atoms with Crippen LogP contribution in [0, 0.1) is 5.92 Å². The second kappa shape index (κ2) is 7.00. The molecule has 86 valence electrons. The van der Waals surface area contributed by atoms with Gasteiger partial charge in [-0.25, -0.2) is 0 Å². The lowest BCUT2D eigenvalue weighted by atomic mass is 9.94. The van der Waals surface area contributed by atoms with Crippen LogP contribution in [0.5, 0.6) is 0 Å². The molecule has 0 spiro atoms. The maximum Gasteiger partial charge on any atom is 0.146 e. The van der Waals surface area contributed by atoms with Gasteiger partial charge in [0.15, 0.2) is 0 Å². The van der Waals surface area contributed by atoms with Gasteiger partial charge in [0.2, 0.25) is 0 Å². The Morgan fingerprint density at radius 1 is 1.31 bits per heavy atom. The van der Waals surface area contributed by atoms with Crippen LogP contribution in [0.3, 0.4) is 0 Å². The molecule has 0 bridgehead atoms. The van der Waals surface area contributed by atoms with E-state index >= 15 is 0 Å². The summed E-state index contributed by atoms with van der Waals surface area (Å²) in [4.78, 5) is 11.0. The minimum Gasteiger partial charge on any atom is -0.298 e. The van der Waals surface area contributed by atoms with Gasteiger partial charge in [-0.2, -0.15) is 0 Å². The van der Waals surface area contributed by atoms with Crippen molar-refractivity contribution in [2.24, 2.45) is 5.92 Å². The zero-order valence-electron chi connectivity index (χ0n) is 10.1. The summed E-state index contributed by atoms with van der Waals surface area (Å²) in [6.07, 6.45) is 6.44. The first-order valence-corrected chi connectivity index (χ1v) is 5.99. The number of unbranched alkanes of at least 4 members (excludes halogenated alkanes) is 1. The Bertz CT molecular complexity index is 338. The van der Waals surface area contributed by atoms with Crippen molar-refractivity contribution in [1.82, 2.24) is 0 Å². The normalized spacial score (nSPS) is 13.5. The molecule has 0 radical (unpaired) electrons. The quantitative estimate of drug-likeness (QED) is 0.517. The molecule has 1 atom stereocenters. The van der Waals surface area contributed by atoms with E-state index < -0.39 is 0 Å². The predicted molar refractivity (Wildman–Crippen MR) is 69.2 cm³/mol. The second-order valence-electron chi connectivity index (χ2n) is 4.22. The van der Waals surface area contributed by atoms with Crippen LogP contribution in [0.4, 0.5) is 0 Å². The standard InChI is InChI=1S/C15H20O/c1-3-4-8-13(2)15(12-16)11-14-9-6-5-7-10-14/h5-7,9-13H,3-4,8H2,1-2H3. The van der Waals surface area contributed by atoms with Crippen LogP contribution in [-0.2, 0) is 4.79 Å². The highest BCUT2D eigenvalue weighted by Gasteiger charge is 2.07. The predicted octanol–water partition coefficient (Wildman–Crippen LogP) is 4.10. The molecule has 1 nitrogen and oxygen atoms in total. The van der Waals surface area contributed by atoms with Crippen LogP contribution < -0.4 is 0 Å². The number of hydrogen-bond donors (Lipinski definition) is 0. The van der Waals surface area contributed by atoms with Crippen LogP contribution in [-0.4, -0.2) is 6.29 Å². The molecule has 0 fully saturated rings. The summed E-state index contributed by atoms with van der Waals surface area (Å²) in [5, 5.41) is 0. The molecule has 1 aromatic rings. The lowest BCUT2D eigenvalue weighted by Gasteiger charge is -2.10. The Morgan fingerprint density at radius 2 is 2.00 bits per heavy atom. The van der Waals surface area contributed by atoms with E-state index in [-0.39, 0.29) is 0 Å². The molecule has 0 aromatic heterocycles. The lowest BCUT2D eigenvalue weighted by molar-refractivity contribution is -0.105. The molecule has 1 rings (SSSR count). The van der Waals surface area contributed by atoms with E-state index in [1.807, 2.05) is 36.4 Å². The zero-order chi connectivity index (χ0) is 11.8. The van der Waals surface area contributed by atoms with E-state index in [4.69, 9.17) is 0 Å². The molecule has 16 heavy (non-hydrogen) atoms. The van der Waals surface area contributed by atoms with E-state index in [1.165, 1.54) is 12.8 Å². The average molecular weight is 216 g/mol. The van der Waals surface area contributed by atoms with E-state index in [0.717, 1.165) is 23.8 Å². The largest absolute Gasteiger partial charge is 0.298 e. The van der Waals surface area contributed by atoms with E-state index in [1.54, 1.807) is 0 Å². The van der Waals surface area contributed by atoms with Gasteiger partial charge >= 0.3 is 0 Å². The second-order valence-corrected chi connectivity index (χ2v) is 4.22. The summed E-state index contributed by atoms with van der Waals surface area (Å²) >= 11 is 0. The van der Waals surface area contributed by atoms with Crippen LogP contribution in [0.1, 0.15) is 38.7 Å². The highest BCUT2D eigenvalue weighted by Crippen LogP contribution is 2.18. The van der Waals surface area contributed by atoms with Crippen molar-refractivity contribution in [3.63, 3.8) is 0 Å². The maximum atomic E-state index is 11.0. The van der Waals surface area contributed by atoms with Gasteiger partial charge in [-0.3, -0.25) is 4.79 Å². The number of allylic oxidation sites excluding steroid dienone is 1. The van der Waals surface area contributed by atoms with Gasteiger partial charge in [-0.1, -0.05) is 57.0 Å². The minimum absolute atomic E-state index is 0.359. The number of benzene rings is 1. The molecule has 0 aliphatic carbocycles. The Labute approximate surface area is 98.2 Å². The Kier molecular flexibility index (Phi) is 5.55. The van der Waals surface area contributed by atoms with Crippen LogP contribution >= 0.6 is 0 Å². The van der Waals surface area contributed by atoms with Gasteiger partial charge in [-0.15, -0.1) is 0 Å². The average Bonchev–Trinajstić information content (AvgIpc) is 2.34. The van der Waals surface area contributed by atoms with Crippen molar-refractivity contribution in [1.29, 1.82) is 0 Å². The molecule has 0 aliphatic rings. The molecular weight excluding hydrogens is 196 g/mol. The van der Waals surface area contributed by atoms with Crippen LogP contribution in [0.25, 0.3) is 6.08 Å². The minimum atomic E-state index is 0.359. The molecule has 1 unspecified atom stereocenters. The zero-order valence-corrected chi connectivity index (χ0v) is 10.1. The summed E-state index contributed by atoms with van der Waals surface area (Å²) in [6, 6.07) is 10.0. The first kappa shape index (κ1) is 12.7. The molecule has 0 N–H and O–H groups in total. The number of aldehydes is 1.